The van der Waals surface area contributed by atoms with Gasteiger partial charge in [-0.15, -0.1) is 0 Å². The number of nitrogens with one attached hydrogen (secondary N) is 3. The van der Waals surface area contributed by atoms with Crippen molar-refractivity contribution in [2.45, 2.75) is 70.5 Å². The molecular formula is C35H46F2N6O7. The molecule has 50 heavy (non-hydrogen) atoms. The number of likely N-dealkylation sites (N-methyl/N-ethyl adjacent to an activating group) is 2. The summed E-state index contributed by atoms with van der Waals surface area (Å²) < 4.78 is 27.0. The van der Waals surface area contributed by atoms with Crippen molar-refractivity contribution in [3.8, 4) is 0 Å². The van der Waals surface area contributed by atoms with Crippen LogP contribution in [0.5, 0.6) is 0 Å². The number of hydrogen-bond acceptors (Lipinski definition) is 7. The molecule has 6 amide bonds. The van der Waals surface area contributed by atoms with Crippen LogP contribution in [0.25, 0.3) is 0 Å². The number of carbonyl (C=O) groups is 6. The normalized spacial score (nSPS) is 15.7. The molecular weight excluding hydrogens is 654 g/mol. The number of likely N-dealkylation sites (tertiary alicyclic amines) is 1. The molecule has 3 rings (SSSR count). The number of hydroxylamine groups is 1. The largest absolute Gasteiger partial charge is 0.356 e. The SMILES string of the molecule is CC(=O)N(C)[C@@H](Cc1ccccc1)C(=O)N1CCC[C@H]1C(=O)N(C)CC(C)CCC(=O)NCC[C@H](NC(=O)c1cc(F)cc(F)c1)C(=O)NO. The minimum Gasteiger partial charge on any atom is -0.356 e. The van der Waals surface area contributed by atoms with Gasteiger partial charge in [-0.2, -0.15) is 0 Å². The van der Waals surface area contributed by atoms with Gasteiger partial charge in [0.25, 0.3) is 11.8 Å². The van der Waals surface area contributed by atoms with Crippen molar-refractivity contribution in [2.24, 2.45) is 5.92 Å². The van der Waals surface area contributed by atoms with Crippen molar-refractivity contribution in [1.29, 1.82) is 0 Å². The van der Waals surface area contributed by atoms with Gasteiger partial charge in [0, 0.05) is 65.1 Å². The fraction of sp³-hybridized carbons (Fsp3) is 0.486. The summed E-state index contributed by atoms with van der Waals surface area (Å²) in [5.74, 6) is -5.07. The summed E-state index contributed by atoms with van der Waals surface area (Å²) in [6, 6.07) is 8.84. The summed E-state index contributed by atoms with van der Waals surface area (Å²) in [5, 5.41) is 14.0. The van der Waals surface area contributed by atoms with E-state index in [9.17, 15) is 37.5 Å². The quantitative estimate of drug-likeness (QED) is 0.154. The average molecular weight is 701 g/mol. The van der Waals surface area contributed by atoms with Crippen LogP contribution in [-0.4, -0.2) is 107 Å². The Bertz CT molecular complexity index is 1510. The van der Waals surface area contributed by atoms with Crippen LogP contribution in [0.3, 0.4) is 0 Å². The second kappa shape index (κ2) is 18.7. The van der Waals surface area contributed by atoms with Gasteiger partial charge in [0.15, 0.2) is 0 Å². The first-order chi connectivity index (χ1) is 23.7. The van der Waals surface area contributed by atoms with E-state index in [1.54, 1.807) is 23.9 Å². The van der Waals surface area contributed by atoms with Crippen molar-refractivity contribution in [1.82, 2.24) is 30.8 Å². The smallest absolute Gasteiger partial charge is 0.265 e. The molecule has 13 nitrogen and oxygen atoms in total. The van der Waals surface area contributed by atoms with Crippen LogP contribution in [0.4, 0.5) is 8.78 Å². The monoisotopic (exact) mass is 700 g/mol. The minimum atomic E-state index is -1.31. The lowest BCUT2D eigenvalue weighted by Crippen LogP contribution is -2.54. The molecule has 1 heterocycles. The number of hydrogen-bond donors (Lipinski definition) is 4. The molecule has 4 N–H and O–H groups in total. The van der Waals surface area contributed by atoms with E-state index in [2.05, 4.69) is 10.6 Å². The zero-order chi connectivity index (χ0) is 37.0. The van der Waals surface area contributed by atoms with E-state index in [1.165, 1.54) is 17.3 Å². The number of amides is 6. The van der Waals surface area contributed by atoms with Crippen molar-refractivity contribution >= 4 is 35.4 Å². The van der Waals surface area contributed by atoms with Gasteiger partial charge in [-0.05, 0) is 49.3 Å². The first-order valence-electron chi connectivity index (χ1n) is 16.5. The van der Waals surface area contributed by atoms with E-state index < -0.39 is 41.6 Å². The second-order valence-corrected chi connectivity index (χ2v) is 12.7. The Labute approximate surface area is 290 Å². The molecule has 1 unspecified atom stereocenters. The predicted octanol–water partition coefficient (Wildman–Crippen LogP) is 2.03. The van der Waals surface area contributed by atoms with Gasteiger partial charge < -0.3 is 25.3 Å². The number of carbonyl (C=O) groups excluding carboxylic acids is 6. The zero-order valence-electron chi connectivity index (χ0n) is 28.8. The molecule has 0 saturated carbocycles. The molecule has 15 heteroatoms. The van der Waals surface area contributed by atoms with Crippen LogP contribution in [0.2, 0.25) is 0 Å². The third-order valence-corrected chi connectivity index (χ3v) is 8.78. The summed E-state index contributed by atoms with van der Waals surface area (Å²) in [7, 11) is 3.24. The van der Waals surface area contributed by atoms with Crippen molar-refractivity contribution in [3.05, 3.63) is 71.3 Å². The molecule has 0 spiro atoms. The first-order valence-corrected chi connectivity index (χ1v) is 16.5. The maximum atomic E-state index is 13.8. The van der Waals surface area contributed by atoms with E-state index >= 15 is 0 Å². The fourth-order valence-electron chi connectivity index (χ4n) is 5.92. The van der Waals surface area contributed by atoms with E-state index in [-0.39, 0.29) is 54.5 Å². The van der Waals surface area contributed by atoms with Crippen molar-refractivity contribution in [2.75, 3.05) is 33.7 Å². The van der Waals surface area contributed by atoms with Crippen LogP contribution in [-0.2, 0) is 30.4 Å². The Morgan fingerprint density at radius 1 is 1.00 bits per heavy atom. The molecule has 0 aromatic heterocycles. The zero-order valence-corrected chi connectivity index (χ0v) is 28.8. The molecule has 1 fully saturated rings. The summed E-state index contributed by atoms with van der Waals surface area (Å²) >= 11 is 0. The molecule has 4 atom stereocenters. The molecule has 2 aromatic rings. The Balaban J connectivity index is 1.49. The standard InChI is InChI=1S/C35H46F2N6O7/c1-22(12-13-31(45)38-15-14-28(33(47)40-50)39-32(46)25-18-26(36)20-27(37)19-25)21-41(3)34(48)29-11-8-16-43(29)35(49)30(42(4)23(2)44)17-24-9-6-5-7-10-24/h5-7,9-10,18-20,22,28-30,50H,8,11-17,21H2,1-4H3,(H,38,45)(H,39,46)(H,40,47)/t22?,28-,29-,30-/m0/s1. The van der Waals surface area contributed by atoms with E-state index in [1.807, 2.05) is 37.3 Å². The van der Waals surface area contributed by atoms with E-state index in [4.69, 9.17) is 5.21 Å². The highest BCUT2D eigenvalue weighted by molar-refractivity contribution is 5.97. The average Bonchev–Trinajstić information content (AvgIpc) is 3.58. The van der Waals surface area contributed by atoms with Crippen molar-refractivity contribution in [3.63, 3.8) is 0 Å². The summed E-state index contributed by atoms with van der Waals surface area (Å²) in [5.41, 5.74) is 1.96. The third-order valence-electron chi connectivity index (χ3n) is 8.78. The minimum absolute atomic E-state index is 0.0584. The summed E-state index contributed by atoms with van der Waals surface area (Å²) in [6.07, 6.45) is 1.87. The van der Waals surface area contributed by atoms with Gasteiger partial charge in [0.1, 0.15) is 29.8 Å². The maximum absolute atomic E-state index is 13.8. The highest BCUT2D eigenvalue weighted by Gasteiger charge is 2.40. The lowest BCUT2D eigenvalue weighted by Gasteiger charge is -2.34. The highest BCUT2D eigenvalue weighted by atomic mass is 19.1. The molecule has 1 aliphatic rings. The Morgan fingerprint density at radius 2 is 1.66 bits per heavy atom. The van der Waals surface area contributed by atoms with E-state index in [0.717, 1.165) is 17.7 Å². The molecule has 1 aliphatic heterocycles. The van der Waals surface area contributed by atoms with Crippen LogP contribution in [0, 0.1) is 17.6 Å². The third kappa shape index (κ3) is 11.3. The van der Waals surface area contributed by atoms with Crippen LogP contribution >= 0.6 is 0 Å². The number of benzene rings is 2. The molecule has 0 bridgehead atoms. The van der Waals surface area contributed by atoms with Gasteiger partial charge in [0.05, 0.1) is 0 Å². The fourth-order valence-corrected chi connectivity index (χ4v) is 5.92. The highest BCUT2D eigenvalue weighted by Crippen LogP contribution is 2.23. The summed E-state index contributed by atoms with van der Waals surface area (Å²) in [6.45, 7) is 3.97. The Kier molecular flexibility index (Phi) is 14.8. The lowest BCUT2D eigenvalue weighted by atomic mass is 10.0. The molecule has 1 saturated heterocycles. The molecule has 272 valence electrons. The van der Waals surface area contributed by atoms with Crippen LogP contribution in [0.15, 0.2) is 48.5 Å². The molecule has 0 aliphatic carbocycles. The number of halogens is 2. The number of nitrogens with zero attached hydrogens (tertiary/aromatic N) is 3. The van der Waals surface area contributed by atoms with Gasteiger partial charge in [-0.1, -0.05) is 37.3 Å². The number of rotatable bonds is 16. The van der Waals surface area contributed by atoms with Gasteiger partial charge >= 0.3 is 0 Å². The molecule has 0 radical (unpaired) electrons. The Hall–Kier alpha value is -4.92. The maximum Gasteiger partial charge on any atom is 0.265 e. The van der Waals surface area contributed by atoms with E-state index in [0.29, 0.717) is 44.8 Å². The predicted molar refractivity (Wildman–Crippen MR) is 178 cm³/mol. The van der Waals surface area contributed by atoms with Gasteiger partial charge in [0.2, 0.25) is 23.6 Å². The van der Waals surface area contributed by atoms with Crippen molar-refractivity contribution < 1.29 is 42.8 Å². The second-order valence-electron chi connectivity index (χ2n) is 12.7. The molecule has 2 aromatic carbocycles. The van der Waals surface area contributed by atoms with Crippen LogP contribution < -0.4 is 16.1 Å². The van der Waals surface area contributed by atoms with Crippen LogP contribution in [0.1, 0.15) is 61.9 Å². The van der Waals surface area contributed by atoms with Gasteiger partial charge in [-0.3, -0.25) is 34.0 Å². The topological polar surface area (TPSA) is 168 Å². The van der Waals surface area contributed by atoms with Gasteiger partial charge in [-0.25, -0.2) is 14.3 Å². The first kappa shape index (κ1) is 39.5. The summed E-state index contributed by atoms with van der Waals surface area (Å²) in [4.78, 5) is 81.2. The lowest BCUT2D eigenvalue weighted by molar-refractivity contribution is -0.148. The Morgan fingerprint density at radius 3 is 2.28 bits per heavy atom.